The van der Waals surface area contributed by atoms with Gasteiger partial charge in [0.05, 0.1) is 13.1 Å². The molecule has 1 nitrogen and oxygen atoms in total. The van der Waals surface area contributed by atoms with Crippen molar-refractivity contribution in [3.8, 4) is 47.4 Å². The van der Waals surface area contributed by atoms with E-state index in [0.29, 0.717) is 13.1 Å². The zero-order valence-corrected chi connectivity index (χ0v) is 9.45. The Kier molecular flexibility index (Phi) is 7.47. The van der Waals surface area contributed by atoms with E-state index in [1.54, 1.807) is 0 Å². The van der Waals surface area contributed by atoms with E-state index >= 15 is 0 Å². The summed E-state index contributed by atoms with van der Waals surface area (Å²) in [7, 11) is 0. The van der Waals surface area contributed by atoms with Gasteiger partial charge in [-0.15, -0.1) is 0 Å². The maximum atomic E-state index is 3.08. The highest BCUT2D eigenvalue weighted by Gasteiger charge is 1.85. The van der Waals surface area contributed by atoms with Crippen LogP contribution in [-0.2, 0) is 0 Å². The van der Waals surface area contributed by atoms with Crippen molar-refractivity contribution in [3.63, 3.8) is 0 Å². The van der Waals surface area contributed by atoms with Crippen LogP contribution in [0.4, 0.5) is 0 Å². The first kappa shape index (κ1) is 12.3. The van der Waals surface area contributed by atoms with Gasteiger partial charge >= 0.3 is 0 Å². The molecule has 0 aromatic heterocycles. The first-order valence-electron chi connectivity index (χ1n) is 5.62. The normalized spacial score (nSPS) is 16.0. The minimum absolute atomic E-state index is 0.636. The molecule has 1 heteroatoms. The molecule has 0 aromatic rings. The van der Waals surface area contributed by atoms with Crippen LogP contribution < -0.4 is 5.32 Å². The third-order valence-electron chi connectivity index (χ3n) is 2.01. The second kappa shape index (κ2) is 9.74. The standard InChI is InChI=1S/C15H15N/c1-2-4-6-8-10-12-14-16-15-13-11-9-7-5-3-1/h16H,1-5,14-15H2. The van der Waals surface area contributed by atoms with Crippen LogP contribution in [0.25, 0.3) is 0 Å². The zero-order valence-electron chi connectivity index (χ0n) is 9.45. The Morgan fingerprint density at radius 1 is 0.562 bits per heavy atom. The molecule has 0 spiro atoms. The maximum Gasteiger partial charge on any atom is 0.0594 e. The lowest BCUT2D eigenvalue weighted by Gasteiger charge is -1.91. The van der Waals surface area contributed by atoms with Crippen molar-refractivity contribution < 1.29 is 0 Å². The third-order valence-corrected chi connectivity index (χ3v) is 2.01. The van der Waals surface area contributed by atoms with Crippen molar-refractivity contribution in [2.75, 3.05) is 13.1 Å². The Morgan fingerprint density at radius 3 is 1.62 bits per heavy atom. The molecule has 1 rings (SSSR count). The van der Waals surface area contributed by atoms with Crippen LogP contribution >= 0.6 is 0 Å². The monoisotopic (exact) mass is 209 g/mol. The average molecular weight is 209 g/mol. The molecule has 0 radical (unpaired) electrons. The Hall–Kier alpha value is -1.80. The van der Waals surface area contributed by atoms with Gasteiger partial charge in [-0.2, -0.15) is 0 Å². The predicted molar refractivity (Wildman–Crippen MR) is 67.1 cm³/mol. The molecule has 1 aliphatic rings. The van der Waals surface area contributed by atoms with E-state index in [0.717, 1.165) is 25.7 Å². The summed E-state index contributed by atoms with van der Waals surface area (Å²) in [5.74, 6) is 23.3. The number of rotatable bonds is 0. The van der Waals surface area contributed by atoms with E-state index in [2.05, 4.69) is 52.7 Å². The molecular formula is C15H15N. The van der Waals surface area contributed by atoms with Gasteiger partial charge in [-0.1, -0.05) is 30.1 Å². The lowest BCUT2D eigenvalue weighted by atomic mass is 10.1. The molecule has 80 valence electrons. The van der Waals surface area contributed by atoms with E-state index in [4.69, 9.17) is 0 Å². The van der Waals surface area contributed by atoms with Gasteiger partial charge in [0, 0.05) is 12.8 Å². The second-order valence-corrected chi connectivity index (χ2v) is 3.37. The fourth-order valence-corrected chi connectivity index (χ4v) is 1.18. The summed E-state index contributed by atoms with van der Waals surface area (Å²) in [5.41, 5.74) is 0. The Bertz CT molecular complexity index is 387. The second-order valence-electron chi connectivity index (χ2n) is 3.37. The number of nitrogens with one attached hydrogen (secondary N) is 1. The Labute approximate surface area is 98.4 Å². The minimum atomic E-state index is 0.636. The van der Waals surface area contributed by atoms with Gasteiger partial charge in [-0.05, 0) is 36.5 Å². The summed E-state index contributed by atoms with van der Waals surface area (Å²) < 4.78 is 0. The molecule has 0 amide bonds. The average Bonchev–Trinajstić information content (AvgIpc) is 2.29. The summed E-state index contributed by atoms with van der Waals surface area (Å²) >= 11 is 0. The highest BCUT2D eigenvalue weighted by atomic mass is 14.8. The molecule has 1 heterocycles. The van der Waals surface area contributed by atoms with E-state index in [9.17, 15) is 0 Å². The molecule has 0 saturated carbocycles. The van der Waals surface area contributed by atoms with Crippen LogP contribution in [0.2, 0.25) is 0 Å². The first-order chi connectivity index (χ1) is 8.00. The SMILES string of the molecule is C1#CCCCCCC#CC#CCNCC#C1. The van der Waals surface area contributed by atoms with Gasteiger partial charge < -0.3 is 0 Å². The Balaban J connectivity index is 2.41. The summed E-state index contributed by atoms with van der Waals surface area (Å²) in [6.45, 7) is 1.27. The van der Waals surface area contributed by atoms with Crippen LogP contribution in [-0.4, -0.2) is 13.1 Å². The van der Waals surface area contributed by atoms with Crippen LogP contribution in [0.1, 0.15) is 32.1 Å². The minimum Gasteiger partial charge on any atom is -0.295 e. The summed E-state index contributed by atoms with van der Waals surface area (Å²) in [4.78, 5) is 0. The highest BCUT2D eigenvalue weighted by molar-refractivity contribution is 5.27. The fourth-order valence-electron chi connectivity index (χ4n) is 1.18. The molecule has 1 aliphatic heterocycles. The molecule has 0 saturated heterocycles. The zero-order chi connectivity index (χ0) is 11.3. The van der Waals surface area contributed by atoms with Crippen molar-refractivity contribution >= 4 is 0 Å². The molecule has 0 aliphatic carbocycles. The van der Waals surface area contributed by atoms with Crippen LogP contribution in [0.5, 0.6) is 0 Å². The van der Waals surface area contributed by atoms with Crippen molar-refractivity contribution in [2.24, 2.45) is 0 Å². The fraction of sp³-hybridized carbons (Fsp3) is 0.467. The first-order valence-corrected chi connectivity index (χ1v) is 5.62. The van der Waals surface area contributed by atoms with E-state index in [1.807, 2.05) is 0 Å². The summed E-state index contributed by atoms with van der Waals surface area (Å²) in [6.07, 6.45) is 5.34. The molecule has 1 N–H and O–H groups in total. The van der Waals surface area contributed by atoms with Gasteiger partial charge in [0.1, 0.15) is 0 Å². The molecule has 0 fully saturated rings. The molecular weight excluding hydrogens is 194 g/mol. The van der Waals surface area contributed by atoms with Gasteiger partial charge in [0.2, 0.25) is 0 Å². The lowest BCUT2D eigenvalue weighted by Crippen LogP contribution is -2.13. The number of hydrogen-bond donors (Lipinski definition) is 1. The van der Waals surface area contributed by atoms with Gasteiger partial charge in [0.25, 0.3) is 0 Å². The van der Waals surface area contributed by atoms with Crippen molar-refractivity contribution in [1.29, 1.82) is 0 Å². The summed E-state index contributed by atoms with van der Waals surface area (Å²) in [5, 5.41) is 3.08. The van der Waals surface area contributed by atoms with Crippen LogP contribution in [0.3, 0.4) is 0 Å². The van der Waals surface area contributed by atoms with E-state index < -0.39 is 0 Å². The maximum absolute atomic E-state index is 3.08. The topological polar surface area (TPSA) is 12.0 Å². The highest BCUT2D eigenvalue weighted by Crippen LogP contribution is 2.00. The molecule has 0 unspecified atom stereocenters. The summed E-state index contributed by atoms with van der Waals surface area (Å²) in [6, 6.07) is 0. The van der Waals surface area contributed by atoms with Crippen molar-refractivity contribution in [2.45, 2.75) is 32.1 Å². The number of hydrogen-bond acceptors (Lipinski definition) is 1. The lowest BCUT2D eigenvalue weighted by molar-refractivity contribution is 0.709. The third kappa shape index (κ3) is 7.59. The van der Waals surface area contributed by atoms with Crippen molar-refractivity contribution in [1.82, 2.24) is 5.32 Å². The van der Waals surface area contributed by atoms with E-state index in [1.165, 1.54) is 6.42 Å². The van der Waals surface area contributed by atoms with Crippen molar-refractivity contribution in [3.05, 3.63) is 0 Å². The van der Waals surface area contributed by atoms with Gasteiger partial charge in [-0.3, -0.25) is 5.32 Å². The smallest absolute Gasteiger partial charge is 0.0594 e. The van der Waals surface area contributed by atoms with Crippen LogP contribution in [0.15, 0.2) is 0 Å². The molecule has 0 aromatic carbocycles. The predicted octanol–water partition coefficient (Wildman–Crippen LogP) is 1.55. The molecule has 16 heavy (non-hydrogen) atoms. The largest absolute Gasteiger partial charge is 0.295 e. The molecule has 0 atom stereocenters. The molecule has 0 bridgehead atoms. The van der Waals surface area contributed by atoms with Crippen LogP contribution in [0, 0.1) is 47.4 Å². The van der Waals surface area contributed by atoms with E-state index in [-0.39, 0.29) is 0 Å². The Morgan fingerprint density at radius 2 is 1.06 bits per heavy atom. The van der Waals surface area contributed by atoms with Gasteiger partial charge in [-0.25, -0.2) is 0 Å². The quantitative estimate of drug-likeness (QED) is 0.597. The van der Waals surface area contributed by atoms with Gasteiger partial charge in [0.15, 0.2) is 0 Å².